The smallest absolute Gasteiger partial charge is 0.0491 e. The predicted molar refractivity (Wildman–Crippen MR) is 81.2 cm³/mol. The summed E-state index contributed by atoms with van der Waals surface area (Å²) in [7, 11) is 2.14. The maximum Gasteiger partial charge on any atom is 0.0491 e. The second kappa shape index (κ2) is 4.85. The van der Waals surface area contributed by atoms with Crippen molar-refractivity contribution in [1.29, 1.82) is 0 Å². The van der Waals surface area contributed by atoms with Crippen molar-refractivity contribution in [2.45, 2.75) is 27.7 Å². The van der Waals surface area contributed by atoms with Gasteiger partial charge in [-0.1, -0.05) is 38.1 Å². The molecule has 1 aromatic heterocycles. The zero-order valence-electron chi connectivity index (χ0n) is 11.9. The lowest BCUT2D eigenvalue weighted by molar-refractivity contribution is 1.01. The quantitative estimate of drug-likeness (QED) is 0.521. The lowest BCUT2D eigenvalue weighted by atomic mass is 10.1. The van der Waals surface area contributed by atoms with E-state index in [0.29, 0.717) is 0 Å². The van der Waals surface area contributed by atoms with Gasteiger partial charge in [-0.3, -0.25) is 0 Å². The summed E-state index contributed by atoms with van der Waals surface area (Å²) in [6, 6.07) is 13.3. The van der Waals surface area contributed by atoms with Crippen LogP contribution in [0.5, 0.6) is 0 Å². The summed E-state index contributed by atoms with van der Waals surface area (Å²) in [5, 5.41) is 2.70. The molecular formula is C17H21N. The minimum atomic E-state index is 1.31. The van der Waals surface area contributed by atoms with E-state index in [4.69, 9.17) is 0 Å². The summed E-state index contributed by atoms with van der Waals surface area (Å²) in [6.07, 6.45) is 0. The van der Waals surface area contributed by atoms with Crippen LogP contribution < -0.4 is 0 Å². The van der Waals surface area contributed by atoms with Crippen molar-refractivity contribution in [3.63, 3.8) is 0 Å². The maximum absolute atomic E-state index is 2.28. The third-order valence-electron chi connectivity index (χ3n) is 3.32. The van der Waals surface area contributed by atoms with Gasteiger partial charge in [0, 0.05) is 28.9 Å². The topological polar surface area (TPSA) is 4.93 Å². The van der Waals surface area contributed by atoms with Crippen LogP contribution in [0.2, 0.25) is 0 Å². The largest absolute Gasteiger partial charge is 0.344 e. The van der Waals surface area contributed by atoms with Crippen molar-refractivity contribution < 1.29 is 0 Å². The standard InChI is InChI=1S/C15H15N.C2H6/c1-10-4-6-12-13-7-5-11(2)9-15(13)16(3)14(12)8-10;1-2/h4-9H,1-3H3;1-2H3. The Kier molecular flexibility index (Phi) is 3.42. The van der Waals surface area contributed by atoms with Gasteiger partial charge in [-0.2, -0.15) is 0 Å². The van der Waals surface area contributed by atoms with E-state index in [0.717, 1.165) is 0 Å². The second-order valence-electron chi connectivity index (χ2n) is 4.60. The Morgan fingerprint density at radius 2 is 1.11 bits per heavy atom. The average molecular weight is 239 g/mol. The fourth-order valence-electron chi connectivity index (χ4n) is 2.42. The molecule has 1 nitrogen and oxygen atoms in total. The van der Waals surface area contributed by atoms with E-state index in [1.165, 1.54) is 32.9 Å². The molecule has 0 saturated heterocycles. The molecule has 3 rings (SSSR count). The summed E-state index contributed by atoms with van der Waals surface area (Å²) in [5.41, 5.74) is 5.27. The molecule has 0 amide bonds. The average Bonchev–Trinajstić information content (AvgIpc) is 2.65. The fraction of sp³-hybridized carbons (Fsp3) is 0.294. The number of aryl methyl sites for hydroxylation is 3. The van der Waals surface area contributed by atoms with E-state index in [-0.39, 0.29) is 0 Å². The first-order valence-electron chi connectivity index (χ1n) is 6.62. The van der Waals surface area contributed by atoms with Gasteiger partial charge in [0.05, 0.1) is 0 Å². The summed E-state index contributed by atoms with van der Waals surface area (Å²) in [4.78, 5) is 0. The lowest BCUT2D eigenvalue weighted by Crippen LogP contribution is -1.87. The van der Waals surface area contributed by atoms with Crippen molar-refractivity contribution in [3.8, 4) is 0 Å². The molecule has 0 unspecified atom stereocenters. The number of aromatic nitrogens is 1. The Labute approximate surface area is 109 Å². The highest BCUT2D eigenvalue weighted by Gasteiger charge is 2.07. The second-order valence-corrected chi connectivity index (χ2v) is 4.60. The van der Waals surface area contributed by atoms with Gasteiger partial charge < -0.3 is 4.57 Å². The monoisotopic (exact) mass is 239 g/mol. The van der Waals surface area contributed by atoms with E-state index in [1.807, 2.05) is 13.8 Å². The summed E-state index contributed by atoms with van der Waals surface area (Å²) >= 11 is 0. The van der Waals surface area contributed by atoms with Gasteiger partial charge in [0.15, 0.2) is 0 Å². The minimum absolute atomic E-state index is 1.31. The molecule has 3 aromatic rings. The molecule has 1 heterocycles. The van der Waals surface area contributed by atoms with Crippen LogP contribution in [0, 0.1) is 13.8 Å². The predicted octanol–water partition coefficient (Wildman–Crippen LogP) is 4.97. The zero-order chi connectivity index (χ0) is 13.3. The minimum Gasteiger partial charge on any atom is -0.344 e. The highest BCUT2D eigenvalue weighted by molar-refractivity contribution is 6.08. The lowest BCUT2D eigenvalue weighted by Gasteiger charge is -1.99. The Morgan fingerprint density at radius 3 is 1.50 bits per heavy atom. The van der Waals surface area contributed by atoms with Gasteiger partial charge in [-0.05, 0) is 37.1 Å². The number of hydrogen-bond donors (Lipinski definition) is 0. The van der Waals surface area contributed by atoms with Crippen LogP contribution in [0.25, 0.3) is 21.8 Å². The molecule has 0 fully saturated rings. The molecule has 0 aliphatic heterocycles. The Morgan fingerprint density at radius 1 is 0.722 bits per heavy atom. The first-order chi connectivity index (χ1) is 8.66. The summed E-state index contributed by atoms with van der Waals surface area (Å²) < 4.78 is 2.28. The summed E-state index contributed by atoms with van der Waals surface area (Å²) in [5.74, 6) is 0. The van der Waals surface area contributed by atoms with Crippen molar-refractivity contribution in [1.82, 2.24) is 4.57 Å². The van der Waals surface area contributed by atoms with Crippen LogP contribution >= 0.6 is 0 Å². The molecule has 1 heteroatoms. The Balaban J connectivity index is 0.000000574. The van der Waals surface area contributed by atoms with Gasteiger partial charge >= 0.3 is 0 Å². The van der Waals surface area contributed by atoms with Gasteiger partial charge in [-0.15, -0.1) is 0 Å². The van der Waals surface area contributed by atoms with Crippen LogP contribution in [0.4, 0.5) is 0 Å². The first kappa shape index (κ1) is 12.7. The van der Waals surface area contributed by atoms with Gasteiger partial charge in [0.25, 0.3) is 0 Å². The van der Waals surface area contributed by atoms with Crippen molar-refractivity contribution in [2.75, 3.05) is 0 Å². The van der Waals surface area contributed by atoms with Crippen molar-refractivity contribution >= 4 is 21.8 Å². The first-order valence-corrected chi connectivity index (χ1v) is 6.62. The van der Waals surface area contributed by atoms with Crippen LogP contribution in [-0.2, 0) is 7.05 Å². The molecule has 0 atom stereocenters. The molecule has 0 spiro atoms. The van der Waals surface area contributed by atoms with Gasteiger partial charge in [0.2, 0.25) is 0 Å². The maximum atomic E-state index is 2.28. The van der Waals surface area contributed by atoms with Crippen molar-refractivity contribution in [2.24, 2.45) is 7.05 Å². The molecule has 0 aliphatic carbocycles. The van der Waals surface area contributed by atoms with Crippen LogP contribution in [0.3, 0.4) is 0 Å². The number of rotatable bonds is 0. The number of fused-ring (bicyclic) bond motifs is 3. The van der Waals surface area contributed by atoms with E-state index >= 15 is 0 Å². The van der Waals surface area contributed by atoms with E-state index < -0.39 is 0 Å². The molecule has 94 valence electrons. The third-order valence-corrected chi connectivity index (χ3v) is 3.32. The van der Waals surface area contributed by atoms with Gasteiger partial charge in [-0.25, -0.2) is 0 Å². The number of benzene rings is 2. The zero-order valence-corrected chi connectivity index (χ0v) is 11.9. The highest BCUT2D eigenvalue weighted by atomic mass is 14.9. The van der Waals surface area contributed by atoms with Crippen LogP contribution in [0.1, 0.15) is 25.0 Å². The van der Waals surface area contributed by atoms with E-state index in [9.17, 15) is 0 Å². The fourth-order valence-corrected chi connectivity index (χ4v) is 2.42. The molecule has 0 radical (unpaired) electrons. The molecule has 2 aromatic carbocycles. The number of hydrogen-bond acceptors (Lipinski definition) is 0. The Hall–Kier alpha value is -1.76. The third kappa shape index (κ3) is 1.90. The van der Waals surface area contributed by atoms with Crippen LogP contribution in [-0.4, -0.2) is 4.57 Å². The van der Waals surface area contributed by atoms with E-state index in [2.05, 4.69) is 61.9 Å². The number of nitrogens with zero attached hydrogens (tertiary/aromatic N) is 1. The van der Waals surface area contributed by atoms with Gasteiger partial charge in [0.1, 0.15) is 0 Å². The summed E-state index contributed by atoms with van der Waals surface area (Å²) in [6.45, 7) is 8.28. The van der Waals surface area contributed by atoms with E-state index in [1.54, 1.807) is 0 Å². The molecular weight excluding hydrogens is 218 g/mol. The normalized spacial score (nSPS) is 10.5. The molecule has 18 heavy (non-hydrogen) atoms. The molecule has 0 aliphatic rings. The molecule has 0 N–H and O–H groups in total. The highest BCUT2D eigenvalue weighted by Crippen LogP contribution is 2.29. The Bertz CT molecular complexity index is 630. The SMILES string of the molecule is CC.Cc1ccc2c3ccc(C)cc3n(C)c2c1. The molecule has 0 bridgehead atoms. The van der Waals surface area contributed by atoms with Crippen molar-refractivity contribution in [3.05, 3.63) is 47.5 Å². The molecule has 0 saturated carbocycles. The van der Waals surface area contributed by atoms with Crippen LogP contribution in [0.15, 0.2) is 36.4 Å².